The molecule has 168 valence electrons. The largest absolute Gasteiger partial charge is 0.508 e. The zero-order valence-corrected chi connectivity index (χ0v) is 17.9. The minimum absolute atomic E-state index is 0.00717. The number of aromatic hydroxyl groups is 1. The number of methoxy groups -OCH3 is 1. The van der Waals surface area contributed by atoms with Crippen LogP contribution in [0.25, 0.3) is 5.76 Å². The van der Waals surface area contributed by atoms with Crippen molar-refractivity contribution in [2.75, 3.05) is 46.5 Å². The first kappa shape index (κ1) is 21.9. The van der Waals surface area contributed by atoms with Gasteiger partial charge in [-0.3, -0.25) is 14.5 Å². The highest BCUT2D eigenvalue weighted by Gasteiger charge is 2.46. The number of nitrogens with zero attached hydrogens (tertiary/aromatic N) is 2. The first-order valence-corrected chi connectivity index (χ1v) is 10.5. The molecule has 2 fully saturated rings. The number of hydrogen-bond acceptors (Lipinski definition) is 7. The summed E-state index contributed by atoms with van der Waals surface area (Å²) in [6.07, 6.45) is 0. The van der Waals surface area contributed by atoms with Crippen molar-refractivity contribution < 1.29 is 29.3 Å². The average Bonchev–Trinajstić information content (AvgIpc) is 3.08. The van der Waals surface area contributed by atoms with Crippen molar-refractivity contribution in [1.82, 2.24) is 9.80 Å². The van der Waals surface area contributed by atoms with Crippen LogP contribution in [0.1, 0.15) is 17.2 Å². The number of ketones is 1. The van der Waals surface area contributed by atoms with Crippen LogP contribution in [-0.2, 0) is 14.3 Å². The number of hydrogen-bond donors (Lipinski definition) is 2. The zero-order chi connectivity index (χ0) is 22.7. The normalized spacial score (nSPS) is 21.2. The number of phenols is 1. The molecule has 2 heterocycles. The number of carbonyl (C=O) groups is 2. The predicted octanol–water partition coefficient (Wildman–Crippen LogP) is 2.15. The molecule has 2 aromatic carbocycles. The monoisotopic (exact) mass is 438 g/mol. The van der Waals surface area contributed by atoms with Gasteiger partial charge >= 0.3 is 0 Å². The smallest absolute Gasteiger partial charge is 0.295 e. The third-order valence-electron chi connectivity index (χ3n) is 5.85. The number of phenolic OH excluding ortho intramolecular Hbond substituents is 1. The van der Waals surface area contributed by atoms with E-state index >= 15 is 0 Å². The van der Waals surface area contributed by atoms with Gasteiger partial charge in [0, 0.05) is 31.7 Å². The Balaban J connectivity index is 1.73. The summed E-state index contributed by atoms with van der Waals surface area (Å²) in [6.45, 7) is 3.66. The number of likely N-dealkylation sites (tertiary alicyclic amines) is 1. The fourth-order valence-corrected chi connectivity index (χ4v) is 4.13. The Morgan fingerprint density at radius 2 is 1.81 bits per heavy atom. The number of aliphatic hydroxyl groups excluding tert-OH is 1. The van der Waals surface area contributed by atoms with E-state index in [9.17, 15) is 19.8 Å². The van der Waals surface area contributed by atoms with E-state index in [2.05, 4.69) is 4.90 Å². The second-order valence-electron chi connectivity index (χ2n) is 7.77. The molecule has 2 saturated heterocycles. The van der Waals surface area contributed by atoms with Crippen LogP contribution >= 0.6 is 0 Å². The maximum Gasteiger partial charge on any atom is 0.295 e. The van der Waals surface area contributed by atoms with Gasteiger partial charge in [0.15, 0.2) is 0 Å². The van der Waals surface area contributed by atoms with E-state index in [1.165, 1.54) is 24.1 Å². The summed E-state index contributed by atoms with van der Waals surface area (Å²) in [5.74, 6) is -1.04. The fraction of sp³-hybridized carbons (Fsp3) is 0.333. The van der Waals surface area contributed by atoms with E-state index in [-0.39, 0.29) is 17.1 Å². The molecule has 8 nitrogen and oxygen atoms in total. The molecule has 0 aliphatic carbocycles. The van der Waals surface area contributed by atoms with E-state index < -0.39 is 17.7 Å². The molecule has 2 aliphatic rings. The van der Waals surface area contributed by atoms with Crippen molar-refractivity contribution in [1.29, 1.82) is 0 Å². The van der Waals surface area contributed by atoms with Gasteiger partial charge in [-0.2, -0.15) is 0 Å². The van der Waals surface area contributed by atoms with Crippen LogP contribution in [0.3, 0.4) is 0 Å². The lowest BCUT2D eigenvalue weighted by atomic mass is 9.95. The van der Waals surface area contributed by atoms with Gasteiger partial charge < -0.3 is 24.6 Å². The van der Waals surface area contributed by atoms with Crippen LogP contribution < -0.4 is 4.74 Å². The molecule has 0 saturated carbocycles. The Labute approximate surface area is 186 Å². The lowest BCUT2D eigenvalue weighted by Gasteiger charge is -2.31. The van der Waals surface area contributed by atoms with Crippen LogP contribution in [0, 0.1) is 0 Å². The minimum atomic E-state index is -0.801. The third-order valence-corrected chi connectivity index (χ3v) is 5.85. The molecule has 1 amide bonds. The Morgan fingerprint density at radius 3 is 2.47 bits per heavy atom. The van der Waals surface area contributed by atoms with Gasteiger partial charge in [-0.05, 0) is 42.0 Å². The van der Waals surface area contributed by atoms with Crippen molar-refractivity contribution in [3.8, 4) is 11.5 Å². The first-order chi connectivity index (χ1) is 15.5. The van der Waals surface area contributed by atoms with Crippen LogP contribution in [0.15, 0.2) is 54.1 Å². The van der Waals surface area contributed by atoms with Crippen molar-refractivity contribution in [3.63, 3.8) is 0 Å². The number of amides is 1. The summed E-state index contributed by atoms with van der Waals surface area (Å²) in [6, 6.07) is 12.2. The quantitative estimate of drug-likeness (QED) is 0.405. The van der Waals surface area contributed by atoms with E-state index in [1.807, 2.05) is 0 Å². The topological polar surface area (TPSA) is 99.5 Å². The number of morpholine rings is 1. The van der Waals surface area contributed by atoms with E-state index in [1.54, 1.807) is 36.4 Å². The first-order valence-electron chi connectivity index (χ1n) is 10.5. The average molecular weight is 438 g/mol. The number of rotatable bonds is 6. The molecule has 1 atom stereocenters. The fourth-order valence-electron chi connectivity index (χ4n) is 4.13. The van der Waals surface area contributed by atoms with Crippen molar-refractivity contribution >= 4 is 17.4 Å². The van der Waals surface area contributed by atoms with Crippen molar-refractivity contribution in [3.05, 3.63) is 65.2 Å². The van der Waals surface area contributed by atoms with Crippen LogP contribution in [-0.4, -0.2) is 78.2 Å². The second kappa shape index (κ2) is 9.42. The number of carbonyl (C=O) groups excluding carboxylic acids is 2. The molecule has 2 aromatic rings. The van der Waals surface area contributed by atoms with Gasteiger partial charge in [0.25, 0.3) is 11.7 Å². The summed E-state index contributed by atoms with van der Waals surface area (Å²) < 4.78 is 10.5. The summed E-state index contributed by atoms with van der Waals surface area (Å²) in [5, 5.41) is 21.1. The van der Waals surface area contributed by atoms with Crippen molar-refractivity contribution in [2.45, 2.75) is 6.04 Å². The molecule has 8 heteroatoms. The van der Waals surface area contributed by atoms with E-state index in [4.69, 9.17) is 9.47 Å². The summed E-state index contributed by atoms with van der Waals surface area (Å²) in [4.78, 5) is 29.7. The van der Waals surface area contributed by atoms with Crippen LogP contribution in [0.4, 0.5) is 0 Å². The molecular weight excluding hydrogens is 412 g/mol. The summed E-state index contributed by atoms with van der Waals surface area (Å²) in [7, 11) is 1.54. The second-order valence-corrected chi connectivity index (χ2v) is 7.77. The lowest BCUT2D eigenvalue weighted by Crippen LogP contribution is -2.42. The van der Waals surface area contributed by atoms with Gasteiger partial charge in [0.05, 0.1) is 31.9 Å². The van der Waals surface area contributed by atoms with Crippen LogP contribution in [0.5, 0.6) is 11.5 Å². The Hall–Kier alpha value is -3.36. The van der Waals surface area contributed by atoms with E-state index in [0.717, 1.165) is 13.1 Å². The van der Waals surface area contributed by atoms with Gasteiger partial charge in [-0.25, -0.2) is 0 Å². The summed E-state index contributed by atoms with van der Waals surface area (Å²) in [5.41, 5.74) is 0.969. The van der Waals surface area contributed by atoms with Gasteiger partial charge in [-0.15, -0.1) is 0 Å². The van der Waals surface area contributed by atoms with E-state index in [0.29, 0.717) is 43.2 Å². The third kappa shape index (κ3) is 4.32. The zero-order valence-electron chi connectivity index (χ0n) is 17.9. The maximum atomic E-state index is 13.0. The Morgan fingerprint density at radius 1 is 1.09 bits per heavy atom. The highest BCUT2D eigenvalue weighted by atomic mass is 16.5. The summed E-state index contributed by atoms with van der Waals surface area (Å²) >= 11 is 0. The molecule has 0 aromatic heterocycles. The minimum Gasteiger partial charge on any atom is -0.508 e. The Kier molecular flexibility index (Phi) is 6.43. The molecule has 2 N–H and O–H groups in total. The Bertz CT molecular complexity index is 1030. The molecular formula is C24H26N2O6. The van der Waals surface area contributed by atoms with Crippen molar-refractivity contribution in [2.24, 2.45) is 0 Å². The molecule has 4 rings (SSSR count). The molecule has 0 unspecified atom stereocenters. The van der Waals surface area contributed by atoms with Crippen LogP contribution in [0.2, 0.25) is 0 Å². The van der Waals surface area contributed by atoms with Gasteiger partial charge in [-0.1, -0.05) is 12.1 Å². The molecule has 0 spiro atoms. The number of aliphatic hydroxyl groups is 1. The molecule has 32 heavy (non-hydrogen) atoms. The number of Topliss-reactive ketones (excluding diaryl/α,β-unsaturated/α-hetero) is 1. The highest BCUT2D eigenvalue weighted by molar-refractivity contribution is 6.46. The standard InChI is InChI=1S/C24H26N2O6/c1-31-19-7-5-16(6-8-19)22(28)20-21(17-3-2-4-18(27)15-17)26(24(30)23(20)29)10-9-25-11-13-32-14-12-25/h2-8,15,21,27-28H,9-14H2,1H3/t21-/m1/s1. The SMILES string of the molecule is COc1ccc(C(O)=C2C(=O)C(=O)N(CCN3CCOCC3)[C@@H]2c2cccc(O)c2)cc1. The lowest BCUT2D eigenvalue weighted by molar-refractivity contribution is -0.140. The molecule has 2 aliphatic heterocycles. The number of benzene rings is 2. The predicted molar refractivity (Wildman–Crippen MR) is 117 cm³/mol. The molecule has 0 bridgehead atoms. The number of ether oxygens (including phenoxy) is 2. The van der Waals surface area contributed by atoms with Gasteiger partial charge in [0.1, 0.15) is 17.3 Å². The van der Waals surface area contributed by atoms with Gasteiger partial charge in [0.2, 0.25) is 0 Å². The highest BCUT2D eigenvalue weighted by Crippen LogP contribution is 2.40. The maximum absolute atomic E-state index is 13.0. The molecule has 0 radical (unpaired) electrons.